The van der Waals surface area contributed by atoms with Crippen molar-refractivity contribution in [1.29, 1.82) is 0 Å². The van der Waals surface area contributed by atoms with Crippen LogP contribution in [0.4, 0.5) is 5.69 Å². The number of ether oxygens (including phenoxy) is 1. The van der Waals surface area contributed by atoms with Gasteiger partial charge in [0.05, 0.1) is 5.92 Å². The van der Waals surface area contributed by atoms with Crippen molar-refractivity contribution in [3.63, 3.8) is 0 Å². The van der Waals surface area contributed by atoms with Gasteiger partial charge in [0, 0.05) is 30.2 Å². The number of nitrogens with zero attached hydrogens (tertiary/aromatic N) is 1. The molecule has 0 saturated carbocycles. The Kier molecular flexibility index (Phi) is 5.03. The predicted molar refractivity (Wildman–Crippen MR) is 104 cm³/mol. The van der Waals surface area contributed by atoms with Gasteiger partial charge in [0.2, 0.25) is 11.8 Å². The molecular weight excluding hydrogens is 364 g/mol. The number of hydrogen-bond donors (Lipinski definition) is 1. The van der Waals surface area contributed by atoms with Crippen molar-refractivity contribution in [2.24, 2.45) is 5.92 Å². The maximum Gasteiger partial charge on any atom is 0.227 e. The van der Waals surface area contributed by atoms with Crippen LogP contribution in [0.2, 0.25) is 5.02 Å². The second-order valence-corrected chi connectivity index (χ2v) is 7.44. The lowest BCUT2D eigenvalue weighted by molar-refractivity contribution is -0.126. The molecule has 2 aliphatic rings. The summed E-state index contributed by atoms with van der Waals surface area (Å²) in [6, 6.07) is 13.3. The van der Waals surface area contributed by atoms with Crippen LogP contribution in [0, 0.1) is 5.92 Å². The lowest BCUT2D eigenvalue weighted by Gasteiger charge is -2.25. The van der Waals surface area contributed by atoms with E-state index in [9.17, 15) is 9.59 Å². The number of amides is 2. The van der Waals surface area contributed by atoms with Crippen LogP contribution in [-0.2, 0) is 22.6 Å². The van der Waals surface area contributed by atoms with Crippen LogP contribution in [0.5, 0.6) is 5.75 Å². The molecule has 6 heteroatoms. The van der Waals surface area contributed by atoms with Crippen LogP contribution in [0.25, 0.3) is 0 Å². The number of fused-ring (bicyclic) bond motifs is 1. The van der Waals surface area contributed by atoms with Gasteiger partial charge in [-0.25, -0.2) is 0 Å². The van der Waals surface area contributed by atoms with Crippen LogP contribution in [0.1, 0.15) is 24.0 Å². The Morgan fingerprint density at radius 3 is 2.96 bits per heavy atom. The Morgan fingerprint density at radius 1 is 1.26 bits per heavy atom. The fourth-order valence-electron chi connectivity index (χ4n) is 3.62. The van der Waals surface area contributed by atoms with Crippen molar-refractivity contribution in [2.75, 3.05) is 18.1 Å². The topological polar surface area (TPSA) is 58.6 Å². The van der Waals surface area contributed by atoms with Gasteiger partial charge in [0.25, 0.3) is 0 Å². The maximum absolute atomic E-state index is 12.6. The molecule has 27 heavy (non-hydrogen) atoms. The third-order valence-corrected chi connectivity index (χ3v) is 5.30. The van der Waals surface area contributed by atoms with E-state index in [0.29, 0.717) is 31.0 Å². The van der Waals surface area contributed by atoms with Gasteiger partial charge < -0.3 is 15.0 Å². The van der Waals surface area contributed by atoms with E-state index in [-0.39, 0.29) is 17.7 Å². The molecule has 1 N–H and O–H groups in total. The highest BCUT2D eigenvalue weighted by atomic mass is 35.5. The summed E-state index contributed by atoms with van der Waals surface area (Å²) in [6.07, 6.45) is 2.12. The predicted octanol–water partition coefficient (Wildman–Crippen LogP) is 3.33. The van der Waals surface area contributed by atoms with Crippen LogP contribution >= 0.6 is 11.6 Å². The van der Waals surface area contributed by atoms with Gasteiger partial charge in [-0.1, -0.05) is 23.7 Å². The average molecular weight is 385 g/mol. The molecule has 1 saturated heterocycles. The summed E-state index contributed by atoms with van der Waals surface area (Å²) in [5.41, 5.74) is 2.83. The highest BCUT2D eigenvalue weighted by molar-refractivity contribution is 6.30. The molecule has 0 aliphatic carbocycles. The second kappa shape index (κ2) is 7.61. The number of anilines is 1. The molecule has 2 aromatic rings. The molecule has 1 unspecified atom stereocenters. The lowest BCUT2D eigenvalue weighted by atomic mass is 9.96. The first kappa shape index (κ1) is 17.9. The van der Waals surface area contributed by atoms with Crippen LogP contribution in [-0.4, -0.2) is 25.0 Å². The van der Waals surface area contributed by atoms with Crippen molar-refractivity contribution in [1.82, 2.24) is 5.32 Å². The fraction of sp³-hybridized carbons (Fsp3) is 0.333. The van der Waals surface area contributed by atoms with Crippen molar-refractivity contribution in [3.8, 4) is 5.75 Å². The van der Waals surface area contributed by atoms with Crippen molar-refractivity contribution in [3.05, 3.63) is 58.6 Å². The minimum absolute atomic E-state index is 0.0386. The highest BCUT2D eigenvalue weighted by Crippen LogP contribution is 2.30. The van der Waals surface area contributed by atoms with E-state index in [4.69, 9.17) is 16.3 Å². The number of halogens is 1. The Bertz CT molecular complexity index is 883. The molecule has 1 fully saturated rings. The first-order valence-corrected chi connectivity index (χ1v) is 9.56. The summed E-state index contributed by atoms with van der Waals surface area (Å²) in [4.78, 5) is 26.3. The number of carbonyl (C=O) groups excluding carboxylic acids is 2. The third-order valence-electron chi connectivity index (χ3n) is 5.06. The van der Waals surface area contributed by atoms with Crippen molar-refractivity contribution >= 4 is 29.1 Å². The monoisotopic (exact) mass is 384 g/mol. The van der Waals surface area contributed by atoms with E-state index >= 15 is 0 Å². The SMILES string of the molecule is O=C(NCc1cccc(N2CCCC2=O)c1)C1COc2ccc(Cl)cc2C1. The number of rotatable bonds is 4. The van der Waals surface area contributed by atoms with Crippen molar-refractivity contribution in [2.45, 2.75) is 25.8 Å². The van der Waals surface area contributed by atoms with E-state index in [2.05, 4.69) is 5.32 Å². The van der Waals surface area contributed by atoms with Crippen LogP contribution in [0.3, 0.4) is 0 Å². The van der Waals surface area contributed by atoms with E-state index in [0.717, 1.165) is 35.5 Å². The molecule has 1 atom stereocenters. The second-order valence-electron chi connectivity index (χ2n) is 7.00. The van der Waals surface area contributed by atoms with Gasteiger partial charge in [0.1, 0.15) is 12.4 Å². The third kappa shape index (κ3) is 3.93. The molecule has 2 amide bonds. The molecule has 4 rings (SSSR count). The van der Waals surface area contributed by atoms with Gasteiger partial charge >= 0.3 is 0 Å². The summed E-state index contributed by atoms with van der Waals surface area (Å²) in [5.74, 6) is 0.682. The molecule has 0 radical (unpaired) electrons. The van der Waals surface area contributed by atoms with Gasteiger partial charge in [0.15, 0.2) is 0 Å². The summed E-state index contributed by atoms with van der Waals surface area (Å²) < 4.78 is 5.70. The first-order valence-electron chi connectivity index (χ1n) is 9.18. The molecule has 5 nitrogen and oxygen atoms in total. The van der Waals surface area contributed by atoms with Crippen LogP contribution in [0.15, 0.2) is 42.5 Å². The zero-order valence-corrected chi connectivity index (χ0v) is 15.7. The average Bonchev–Trinajstić information content (AvgIpc) is 3.11. The van der Waals surface area contributed by atoms with Crippen molar-refractivity contribution < 1.29 is 14.3 Å². The molecule has 0 aromatic heterocycles. The normalized spacial score (nSPS) is 18.8. The molecule has 140 valence electrons. The Labute approximate surface area is 163 Å². The molecule has 0 bridgehead atoms. The zero-order chi connectivity index (χ0) is 18.8. The van der Waals surface area contributed by atoms with E-state index in [1.54, 1.807) is 11.0 Å². The summed E-state index contributed by atoms with van der Waals surface area (Å²) in [7, 11) is 0. The molecule has 2 aromatic carbocycles. The number of carbonyl (C=O) groups is 2. The van der Waals surface area contributed by atoms with Gasteiger partial charge in [-0.15, -0.1) is 0 Å². The maximum atomic E-state index is 12.6. The fourth-order valence-corrected chi connectivity index (χ4v) is 3.82. The molecule has 2 heterocycles. The summed E-state index contributed by atoms with van der Waals surface area (Å²) >= 11 is 6.04. The molecule has 2 aliphatic heterocycles. The summed E-state index contributed by atoms with van der Waals surface area (Å²) in [5, 5.41) is 3.63. The van der Waals surface area contributed by atoms with E-state index in [1.165, 1.54) is 0 Å². The van der Waals surface area contributed by atoms with Gasteiger partial charge in [-0.3, -0.25) is 9.59 Å². The Morgan fingerprint density at radius 2 is 2.15 bits per heavy atom. The van der Waals surface area contributed by atoms with Gasteiger partial charge in [-0.2, -0.15) is 0 Å². The Balaban J connectivity index is 1.38. The first-order chi connectivity index (χ1) is 13.1. The standard InChI is InChI=1S/C21H21ClN2O3/c22-17-6-7-19-15(11-17)10-16(13-27-19)21(26)23-12-14-3-1-4-18(9-14)24-8-2-5-20(24)25/h1,3-4,6-7,9,11,16H,2,5,8,10,12-13H2,(H,23,26). The lowest BCUT2D eigenvalue weighted by Crippen LogP contribution is -2.37. The van der Waals surface area contributed by atoms with Crippen LogP contribution < -0.4 is 15.0 Å². The quantitative estimate of drug-likeness (QED) is 0.879. The van der Waals surface area contributed by atoms with E-state index < -0.39 is 0 Å². The molecule has 0 spiro atoms. The highest BCUT2D eigenvalue weighted by Gasteiger charge is 2.26. The number of hydrogen-bond acceptors (Lipinski definition) is 3. The number of benzene rings is 2. The molecular formula is C21H21ClN2O3. The minimum atomic E-state index is -0.237. The Hall–Kier alpha value is -2.53. The largest absolute Gasteiger partial charge is 0.492 e. The summed E-state index contributed by atoms with van der Waals surface area (Å²) in [6.45, 7) is 1.55. The number of nitrogens with one attached hydrogen (secondary N) is 1. The zero-order valence-electron chi connectivity index (χ0n) is 14.9. The van der Waals surface area contributed by atoms with Gasteiger partial charge in [-0.05, 0) is 54.3 Å². The smallest absolute Gasteiger partial charge is 0.227 e. The van der Waals surface area contributed by atoms with E-state index in [1.807, 2.05) is 36.4 Å². The minimum Gasteiger partial charge on any atom is -0.492 e.